The number of halogens is 1. The molecule has 118 valence electrons. The molecule has 0 aliphatic heterocycles. The molecule has 1 atom stereocenters. The van der Waals surface area contributed by atoms with Gasteiger partial charge in [0, 0.05) is 30.1 Å². The fourth-order valence-corrected chi connectivity index (χ4v) is 3.17. The molecule has 1 unspecified atom stereocenters. The van der Waals surface area contributed by atoms with Crippen LogP contribution in [0, 0.1) is 10.1 Å². The Morgan fingerprint density at radius 2 is 2.27 bits per heavy atom. The molecule has 1 aromatic carbocycles. The normalized spacial score (nSPS) is 12.2. The lowest BCUT2D eigenvalue weighted by Gasteiger charge is -2.18. The first-order valence-electron chi connectivity index (χ1n) is 6.54. The number of nitrogens with zero attached hydrogens (tertiary/aromatic N) is 3. The van der Waals surface area contributed by atoms with Crippen molar-refractivity contribution in [3.05, 3.63) is 48.9 Å². The van der Waals surface area contributed by atoms with Crippen LogP contribution in [0.1, 0.15) is 23.7 Å². The van der Waals surface area contributed by atoms with Crippen molar-refractivity contribution in [2.24, 2.45) is 0 Å². The molecular weight excluding hydrogens is 370 g/mol. The molecule has 6 nitrogen and oxygen atoms in total. The van der Waals surface area contributed by atoms with Crippen molar-refractivity contribution in [2.45, 2.75) is 19.6 Å². The van der Waals surface area contributed by atoms with Crippen LogP contribution in [-0.4, -0.2) is 24.1 Å². The quantitative estimate of drug-likeness (QED) is 0.551. The van der Waals surface area contributed by atoms with Crippen LogP contribution in [0.25, 0.3) is 0 Å². The van der Waals surface area contributed by atoms with Gasteiger partial charge in [-0.25, -0.2) is 4.98 Å². The Labute approximate surface area is 141 Å². The fourth-order valence-electron chi connectivity index (χ4n) is 1.98. The summed E-state index contributed by atoms with van der Waals surface area (Å²) in [5.74, 6) is 0. The number of nitro groups is 1. The highest BCUT2D eigenvalue weighted by Gasteiger charge is 2.19. The van der Waals surface area contributed by atoms with Crippen LogP contribution in [0.4, 0.5) is 11.4 Å². The Morgan fingerprint density at radius 1 is 1.55 bits per heavy atom. The highest BCUT2D eigenvalue weighted by molar-refractivity contribution is 9.10. The van der Waals surface area contributed by atoms with E-state index in [1.807, 2.05) is 24.3 Å². The van der Waals surface area contributed by atoms with Crippen LogP contribution in [-0.2, 0) is 11.3 Å². The van der Waals surface area contributed by atoms with Crippen LogP contribution in [0.3, 0.4) is 0 Å². The molecule has 0 saturated heterocycles. The van der Waals surface area contributed by atoms with Gasteiger partial charge in [-0.15, -0.1) is 11.3 Å². The predicted octanol–water partition coefficient (Wildman–Crippen LogP) is 4.16. The van der Waals surface area contributed by atoms with E-state index in [9.17, 15) is 10.1 Å². The van der Waals surface area contributed by atoms with Gasteiger partial charge in [0.05, 0.1) is 17.2 Å². The van der Waals surface area contributed by atoms with Crippen LogP contribution >= 0.6 is 27.3 Å². The largest absolute Gasteiger partial charge is 0.375 e. The summed E-state index contributed by atoms with van der Waals surface area (Å²) in [7, 11) is 3.46. The minimum atomic E-state index is -0.379. The second-order valence-electron chi connectivity index (χ2n) is 4.80. The van der Waals surface area contributed by atoms with Gasteiger partial charge in [-0.3, -0.25) is 10.1 Å². The number of nitro benzene ring substituents is 1. The highest BCUT2D eigenvalue weighted by Crippen LogP contribution is 2.31. The minimum Gasteiger partial charge on any atom is -0.375 e. The highest BCUT2D eigenvalue weighted by atomic mass is 79.9. The maximum Gasteiger partial charge on any atom is 0.293 e. The van der Waals surface area contributed by atoms with E-state index >= 15 is 0 Å². The topological polar surface area (TPSA) is 68.5 Å². The van der Waals surface area contributed by atoms with Crippen LogP contribution in [0.2, 0.25) is 0 Å². The number of anilines is 1. The minimum absolute atomic E-state index is 0.0499. The van der Waals surface area contributed by atoms with Gasteiger partial charge in [-0.2, -0.15) is 0 Å². The molecule has 0 N–H and O–H groups in total. The summed E-state index contributed by atoms with van der Waals surface area (Å²) < 4.78 is 5.92. The lowest BCUT2D eigenvalue weighted by Crippen LogP contribution is -2.18. The van der Waals surface area contributed by atoms with Crippen LogP contribution in [0.15, 0.2) is 28.1 Å². The van der Waals surface area contributed by atoms with E-state index < -0.39 is 0 Å². The average molecular weight is 386 g/mol. The van der Waals surface area contributed by atoms with Gasteiger partial charge in [-0.05, 0) is 19.1 Å². The number of hydrogen-bond acceptors (Lipinski definition) is 6. The molecular formula is C14H16BrN3O3S. The van der Waals surface area contributed by atoms with E-state index in [0.717, 1.165) is 10.7 Å². The predicted molar refractivity (Wildman–Crippen MR) is 90.4 cm³/mol. The Hall–Kier alpha value is -1.51. The molecule has 2 aromatic rings. The zero-order chi connectivity index (χ0) is 16.3. The first kappa shape index (κ1) is 16.9. The summed E-state index contributed by atoms with van der Waals surface area (Å²) in [6.07, 6.45) is -0.0499. The Morgan fingerprint density at radius 3 is 2.91 bits per heavy atom. The molecule has 0 saturated carbocycles. The molecule has 0 amide bonds. The monoisotopic (exact) mass is 385 g/mol. The van der Waals surface area contributed by atoms with E-state index in [0.29, 0.717) is 16.7 Å². The second kappa shape index (κ2) is 7.17. The third kappa shape index (κ3) is 3.82. The number of methoxy groups -OCH3 is 1. The summed E-state index contributed by atoms with van der Waals surface area (Å²) >= 11 is 4.79. The van der Waals surface area contributed by atoms with Crippen molar-refractivity contribution in [3.63, 3.8) is 0 Å². The molecule has 0 aliphatic carbocycles. The van der Waals surface area contributed by atoms with Crippen molar-refractivity contribution in [1.29, 1.82) is 0 Å². The molecule has 22 heavy (non-hydrogen) atoms. The van der Waals surface area contributed by atoms with Crippen molar-refractivity contribution in [1.82, 2.24) is 4.98 Å². The summed E-state index contributed by atoms with van der Waals surface area (Å²) in [5.41, 5.74) is 1.49. The van der Waals surface area contributed by atoms with E-state index in [1.165, 1.54) is 17.4 Å². The van der Waals surface area contributed by atoms with Crippen LogP contribution in [0.5, 0.6) is 0 Å². The second-order valence-corrected chi connectivity index (χ2v) is 6.61. The summed E-state index contributed by atoms with van der Waals surface area (Å²) in [4.78, 5) is 17.1. The third-order valence-electron chi connectivity index (χ3n) is 3.22. The first-order chi connectivity index (χ1) is 10.4. The van der Waals surface area contributed by atoms with Gasteiger partial charge in [0.2, 0.25) is 0 Å². The van der Waals surface area contributed by atoms with Crippen LogP contribution < -0.4 is 4.90 Å². The van der Waals surface area contributed by atoms with Crippen molar-refractivity contribution < 1.29 is 9.66 Å². The first-order valence-corrected chi connectivity index (χ1v) is 8.21. The van der Waals surface area contributed by atoms with Crippen molar-refractivity contribution in [2.75, 3.05) is 19.1 Å². The van der Waals surface area contributed by atoms with E-state index in [2.05, 4.69) is 20.9 Å². The Kier molecular flexibility index (Phi) is 5.49. The molecule has 1 aromatic heterocycles. The van der Waals surface area contributed by atoms with Gasteiger partial charge in [0.15, 0.2) is 0 Å². The molecule has 0 bridgehead atoms. The number of benzene rings is 1. The van der Waals surface area contributed by atoms with Gasteiger partial charge in [0.1, 0.15) is 16.8 Å². The average Bonchev–Trinajstić information content (AvgIpc) is 2.94. The maximum absolute atomic E-state index is 11.2. The fraction of sp³-hybridized carbons (Fsp3) is 0.357. The Balaban J connectivity index is 2.20. The van der Waals surface area contributed by atoms with Crippen molar-refractivity contribution >= 4 is 38.6 Å². The lowest BCUT2D eigenvalue weighted by molar-refractivity contribution is -0.384. The number of hydrogen-bond donors (Lipinski definition) is 0. The smallest absolute Gasteiger partial charge is 0.293 e. The molecule has 0 radical (unpaired) electrons. The molecule has 0 spiro atoms. The maximum atomic E-state index is 11.2. The Bertz CT molecular complexity index is 677. The van der Waals surface area contributed by atoms with Gasteiger partial charge >= 0.3 is 0 Å². The van der Waals surface area contributed by atoms with Gasteiger partial charge < -0.3 is 9.64 Å². The molecule has 8 heteroatoms. The summed E-state index contributed by atoms with van der Waals surface area (Å²) in [5, 5.41) is 14.0. The van der Waals surface area contributed by atoms with Crippen molar-refractivity contribution in [3.8, 4) is 0 Å². The summed E-state index contributed by atoms with van der Waals surface area (Å²) in [6.45, 7) is 2.43. The molecule has 2 rings (SSSR count). The molecule has 1 heterocycles. The third-order valence-corrected chi connectivity index (χ3v) is 4.76. The van der Waals surface area contributed by atoms with E-state index in [1.54, 1.807) is 19.2 Å². The van der Waals surface area contributed by atoms with E-state index in [-0.39, 0.29) is 16.7 Å². The SMILES string of the molecule is COC(C)c1nc(CN(C)c2ccc(Br)cc2[N+](=O)[O-])cs1. The van der Waals surface area contributed by atoms with Gasteiger partial charge in [-0.1, -0.05) is 15.9 Å². The number of ether oxygens (including phenoxy) is 1. The number of thiazole rings is 1. The zero-order valence-electron chi connectivity index (χ0n) is 12.4. The zero-order valence-corrected chi connectivity index (χ0v) is 14.8. The lowest BCUT2D eigenvalue weighted by atomic mass is 10.2. The standard InChI is InChI=1S/C14H16BrN3O3S/c1-9(21-3)14-16-11(8-22-14)7-17(2)12-5-4-10(15)6-13(12)18(19)20/h4-6,8-9H,7H2,1-3H3. The molecule has 0 fully saturated rings. The van der Waals surface area contributed by atoms with Gasteiger partial charge in [0.25, 0.3) is 5.69 Å². The number of aromatic nitrogens is 1. The summed E-state index contributed by atoms with van der Waals surface area (Å²) in [6, 6.07) is 5.02. The van der Waals surface area contributed by atoms with E-state index in [4.69, 9.17) is 4.74 Å². The molecule has 0 aliphatic rings. The number of rotatable bonds is 6.